The molecule has 2 heterocycles. The molecule has 0 aliphatic carbocycles. The highest BCUT2D eigenvalue weighted by Gasteiger charge is 2.34. The number of carbonyl (C=O) groups is 1. The number of non-ortho nitro benzene ring substituents is 1. The number of hydrogen-bond donors (Lipinski definition) is 0. The quantitative estimate of drug-likeness (QED) is 0.189. The third-order valence-electron chi connectivity index (χ3n) is 4.38. The van der Waals surface area contributed by atoms with Crippen LogP contribution < -0.4 is 0 Å². The van der Waals surface area contributed by atoms with Gasteiger partial charge in [-0.2, -0.15) is 5.10 Å². The highest BCUT2D eigenvalue weighted by Crippen LogP contribution is 2.34. The molecule has 0 N–H and O–H groups in total. The molecule has 1 aromatic heterocycles. The van der Waals surface area contributed by atoms with Crippen LogP contribution in [0, 0.1) is 10.1 Å². The topological polar surface area (TPSA) is 101 Å². The number of nitrogens with zero attached hydrogens (tertiary/aromatic N) is 4. The SMILES string of the molecule is O=C1/C(=C/c2ccc([N+](=O)[O-])cc2)S/C(=N\N=C\c2cccc(Br)c2)N1Cc1ccco1. The fraction of sp³-hybridized carbons (Fsp3) is 0.0455. The summed E-state index contributed by atoms with van der Waals surface area (Å²) in [7, 11) is 0. The number of nitro benzene ring substituents is 1. The van der Waals surface area contributed by atoms with Gasteiger partial charge in [0.1, 0.15) is 5.76 Å². The van der Waals surface area contributed by atoms with E-state index in [1.54, 1.807) is 42.8 Å². The van der Waals surface area contributed by atoms with E-state index in [9.17, 15) is 14.9 Å². The maximum atomic E-state index is 13.0. The van der Waals surface area contributed by atoms with Crippen LogP contribution in [0.4, 0.5) is 5.69 Å². The van der Waals surface area contributed by atoms with Gasteiger partial charge in [-0.15, -0.1) is 5.10 Å². The van der Waals surface area contributed by atoms with Crippen molar-refractivity contribution in [2.45, 2.75) is 6.54 Å². The van der Waals surface area contributed by atoms with Crippen molar-refractivity contribution in [2.75, 3.05) is 0 Å². The summed E-state index contributed by atoms with van der Waals surface area (Å²) in [6, 6.07) is 17.1. The number of halogens is 1. The molecule has 10 heteroatoms. The highest BCUT2D eigenvalue weighted by molar-refractivity contribution is 9.10. The van der Waals surface area contributed by atoms with Crippen molar-refractivity contribution in [3.05, 3.63) is 103 Å². The normalized spacial score (nSPS) is 16.5. The monoisotopic (exact) mass is 510 g/mol. The Morgan fingerprint density at radius 2 is 1.94 bits per heavy atom. The van der Waals surface area contributed by atoms with E-state index in [4.69, 9.17) is 4.42 Å². The third-order valence-corrected chi connectivity index (χ3v) is 5.87. The Morgan fingerprint density at radius 1 is 1.12 bits per heavy atom. The molecule has 2 aromatic carbocycles. The second-order valence-electron chi connectivity index (χ2n) is 6.61. The van der Waals surface area contributed by atoms with Gasteiger partial charge in [0.25, 0.3) is 11.6 Å². The van der Waals surface area contributed by atoms with E-state index in [2.05, 4.69) is 26.1 Å². The number of nitro groups is 1. The van der Waals surface area contributed by atoms with E-state index >= 15 is 0 Å². The first-order valence-corrected chi connectivity index (χ1v) is 11.0. The zero-order valence-electron chi connectivity index (χ0n) is 16.4. The van der Waals surface area contributed by atoms with Gasteiger partial charge in [0.15, 0.2) is 5.17 Å². The predicted octanol–water partition coefficient (Wildman–Crippen LogP) is 5.46. The van der Waals surface area contributed by atoms with Crippen LogP contribution >= 0.6 is 27.7 Å². The maximum Gasteiger partial charge on any atom is 0.269 e. The maximum absolute atomic E-state index is 13.0. The van der Waals surface area contributed by atoms with E-state index < -0.39 is 4.92 Å². The minimum absolute atomic E-state index is 0.0128. The first-order chi connectivity index (χ1) is 15.5. The Kier molecular flexibility index (Phi) is 6.62. The van der Waals surface area contributed by atoms with E-state index in [0.29, 0.717) is 21.4 Å². The Hall–Kier alpha value is -3.50. The molecule has 0 atom stereocenters. The second-order valence-corrected chi connectivity index (χ2v) is 8.54. The minimum Gasteiger partial charge on any atom is -0.467 e. The molecule has 0 saturated carbocycles. The number of amides is 1. The molecule has 0 unspecified atom stereocenters. The van der Waals surface area contributed by atoms with Crippen LogP contribution in [0.2, 0.25) is 0 Å². The first kappa shape index (κ1) is 21.7. The molecular weight excluding hydrogens is 496 g/mol. The van der Waals surface area contributed by atoms with Crippen LogP contribution in [0.1, 0.15) is 16.9 Å². The molecule has 3 aromatic rings. The molecule has 4 rings (SSSR count). The number of thioether (sulfide) groups is 1. The summed E-state index contributed by atoms with van der Waals surface area (Å²) in [5, 5.41) is 19.7. The lowest BCUT2D eigenvalue weighted by Gasteiger charge is -2.12. The van der Waals surface area contributed by atoms with Crippen LogP contribution in [-0.4, -0.2) is 27.1 Å². The van der Waals surface area contributed by atoms with Gasteiger partial charge in [-0.1, -0.05) is 28.1 Å². The summed E-state index contributed by atoms with van der Waals surface area (Å²) < 4.78 is 6.31. The number of carbonyl (C=O) groups excluding carboxylic acids is 1. The number of amidine groups is 1. The van der Waals surface area contributed by atoms with Crippen molar-refractivity contribution in [3.8, 4) is 0 Å². The van der Waals surface area contributed by atoms with Gasteiger partial charge in [0, 0.05) is 16.6 Å². The molecule has 160 valence electrons. The molecule has 0 radical (unpaired) electrons. The number of rotatable bonds is 6. The van der Waals surface area contributed by atoms with E-state index in [1.807, 2.05) is 24.3 Å². The van der Waals surface area contributed by atoms with Crippen LogP contribution in [-0.2, 0) is 11.3 Å². The van der Waals surface area contributed by atoms with Crippen molar-refractivity contribution in [1.82, 2.24) is 4.90 Å². The summed E-state index contributed by atoms with van der Waals surface area (Å²) in [6.45, 7) is 0.210. The van der Waals surface area contributed by atoms with Gasteiger partial charge in [-0.25, -0.2) is 0 Å². The molecule has 1 aliphatic rings. The van der Waals surface area contributed by atoms with Crippen LogP contribution in [0.5, 0.6) is 0 Å². The smallest absolute Gasteiger partial charge is 0.269 e. The Balaban J connectivity index is 1.61. The van der Waals surface area contributed by atoms with Gasteiger partial charge >= 0.3 is 0 Å². The van der Waals surface area contributed by atoms with Gasteiger partial charge in [0.05, 0.1) is 28.9 Å². The van der Waals surface area contributed by atoms with Gasteiger partial charge in [-0.3, -0.25) is 19.8 Å². The molecule has 1 fully saturated rings. The van der Waals surface area contributed by atoms with E-state index in [0.717, 1.165) is 10.0 Å². The lowest BCUT2D eigenvalue weighted by Crippen LogP contribution is -2.28. The first-order valence-electron chi connectivity index (χ1n) is 9.34. The molecular formula is C22H15BrN4O4S. The van der Waals surface area contributed by atoms with Crippen molar-refractivity contribution in [2.24, 2.45) is 10.2 Å². The molecule has 1 aliphatic heterocycles. The summed E-state index contributed by atoms with van der Waals surface area (Å²) in [5.74, 6) is 0.361. The standard InChI is InChI=1S/C22H15BrN4O4S/c23-17-4-1-3-16(11-17)13-24-25-22-26(14-19-5-2-10-31-19)21(28)20(32-22)12-15-6-8-18(9-7-15)27(29)30/h1-13H,14H2/b20-12-,24-13+,25-22-. The molecule has 0 bridgehead atoms. The Bertz CT molecular complexity index is 1240. The largest absolute Gasteiger partial charge is 0.467 e. The number of furan rings is 1. The fourth-order valence-electron chi connectivity index (χ4n) is 2.86. The molecule has 0 spiro atoms. The molecule has 1 saturated heterocycles. The number of benzene rings is 2. The van der Waals surface area contributed by atoms with Crippen molar-refractivity contribution in [3.63, 3.8) is 0 Å². The van der Waals surface area contributed by atoms with E-state index in [-0.39, 0.29) is 18.1 Å². The van der Waals surface area contributed by atoms with Gasteiger partial charge in [-0.05, 0) is 65.4 Å². The summed E-state index contributed by atoms with van der Waals surface area (Å²) >= 11 is 4.59. The van der Waals surface area contributed by atoms with Crippen molar-refractivity contribution >= 4 is 56.7 Å². The fourth-order valence-corrected chi connectivity index (χ4v) is 4.21. The third kappa shape index (κ3) is 5.21. The zero-order chi connectivity index (χ0) is 22.5. The van der Waals surface area contributed by atoms with E-state index in [1.165, 1.54) is 28.8 Å². The summed E-state index contributed by atoms with van der Waals surface area (Å²) in [4.78, 5) is 25.4. The van der Waals surface area contributed by atoms with Gasteiger partial charge < -0.3 is 4.42 Å². The summed E-state index contributed by atoms with van der Waals surface area (Å²) in [5.41, 5.74) is 1.52. The average Bonchev–Trinajstić information content (AvgIpc) is 3.39. The Labute approximate surface area is 195 Å². The number of hydrogen-bond acceptors (Lipinski definition) is 7. The zero-order valence-corrected chi connectivity index (χ0v) is 18.8. The van der Waals surface area contributed by atoms with Crippen LogP contribution in [0.3, 0.4) is 0 Å². The highest BCUT2D eigenvalue weighted by atomic mass is 79.9. The molecule has 32 heavy (non-hydrogen) atoms. The predicted molar refractivity (Wildman–Crippen MR) is 127 cm³/mol. The summed E-state index contributed by atoms with van der Waals surface area (Å²) in [6.07, 6.45) is 4.82. The van der Waals surface area contributed by atoms with Crippen LogP contribution in [0.15, 0.2) is 90.9 Å². The average molecular weight is 511 g/mol. The van der Waals surface area contributed by atoms with Gasteiger partial charge in [0.2, 0.25) is 0 Å². The molecule has 1 amide bonds. The minimum atomic E-state index is -0.467. The second kappa shape index (κ2) is 9.75. The Morgan fingerprint density at radius 3 is 2.62 bits per heavy atom. The van der Waals surface area contributed by atoms with Crippen LogP contribution in [0.25, 0.3) is 6.08 Å². The van der Waals surface area contributed by atoms with Crippen molar-refractivity contribution in [1.29, 1.82) is 0 Å². The molecule has 8 nitrogen and oxygen atoms in total. The van der Waals surface area contributed by atoms with Crippen molar-refractivity contribution < 1.29 is 14.1 Å². The lowest BCUT2D eigenvalue weighted by molar-refractivity contribution is -0.384. The lowest BCUT2D eigenvalue weighted by atomic mass is 10.2.